The van der Waals surface area contributed by atoms with E-state index in [1.54, 1.807) is 11.8 Å². The number of anilines is 1. The Balaban J connectivity index is 1.66. The standard InChI is InChI=1S/C16H14ClNOS/c17-10-11-5-7-13(8-6-11)18-16(19)15-9-12-3-1-2-4-14(12)20-15/h1-8,15H,9-10H2,(H,18,19). The van der Waals surface area contributed by atoms with Gasteiger partial charge in [0.25, 0.3) is 0 Å². The van der Waals surface area contributed by atoms with E-state index in [4.69, 9.17) is 11.6 Å². The second-order valence-corrected chi connectivity index (χ2v) is 6.25. The van der Waals surface area contributed by atoms with Gasteiger partial charge in [-0.1, -0.05) is 30.3 Å². The largest absolute Gasteiger partial charge is 0.325 e. The number of halogens is 1. The highest BCUT2D eigenvalue weighted by atomic mass is 35.5. The maximum Gasteiger partial charge on any atom is 0.238 e. The Kier molecular flexibility index (Phi) is 3.99. The zero-order valence-corrected chi connectivity index (χ0v) is 12.4. The summed E-state index contributed by atoms with van der Waals surface area (Å²) < 4.78 is 0. The lowest BCUT2D eigenvalue weighted by atomic mass is 10.1. The first-order valence-electron chi connectivity index (χ1n) is 6.46. The molecule has 2 aromatic rings. The predicted molar refractivity (Wildman–Crippen MR) is 84.4 cm³/mol. The first-order valence-corrected chi connectivity index (χ1v) is 7.88. The molecule has 0 bridgehead atoms. The van der Waals surface area contributed by atoms with Gasteiger partial charge < -0.3 is 5.32 Å². The average Bonchev–Trinajstić information content (AvgIpc) is 2.92. The number of amides is 1. The quantitative estimate of drug-likeness (QED) is 0.866. The summed E-state index contributed by atoms with van der Waals surface area (Å²) in [7, 11) is 0. The van der Waals surface area contributed by atoms with Crippen molar-refractivity contribution in [2.24, 2.45) is 0 Å². The predicted octanol–water partition coefficient (Wildman–Crippen LogP) is 4.08. The number of benzene rings is 2. The molecule has 0 fully saturated rings. The van der Waals surface area contributed by atoms with E-state index in [-0.39, 0.29) is 11.2 Å². The molecule has 1 atom stereocenters. The van der Waals surface area contributed by atoms with Gasteiger partial charge in [-0.3, -0.25) is 4.79 Å². The zero-order chi connectivity index (χ0) is 13.9. The summed E-state index contributed by atoms with van der Waals surface area (Å²) in [4.78, 5) is 13.5. The van der Waals surface area contributed by atoms with E-state index in [0.29, 0.717) is 5.88 Å². The summed E-state index contributed by atoms with van der Waals surface area (Å²) in [5.74, 6) is 0.548. The van der Waals surface area contributed by atoms with Crippen molar-refractivity contribution in [1.29, 1.82) is 0 Å². The van der Waals surface area contributed by atoms with Gasteiger partial charge in [0.05, 0.1) is 5.25 Å². The maximum atomic E-state index is 12.3. The highest BCUT2D eigenvalue weighted by molar-refractivity contribution is 8.01. The van der Waals surface area contributed by atoms with Crippen LogP contribution in [0.2, 0.25) is 0 Å². The Morgan fingerprint density at radius 3 is 2.65 bits per heavy atom. The Morgan fingerprint density at radius 1 is 1.20 bits per heavy atom. The van der Waals surface area contributed by atoms with Crippen LogP contribution in [0.4, 0.5) is 5.69 Å². The summed E-state index contributed by atoms with van der Waals surface area (Å²) in [5, 5.41) is 2.93. The topological polar surface area (TPSA) is 29.1 Å². The van der Waals surface area contributed by atoms with Crippen molar-refractivity contribution in [2.75, 3.05) is 5.32 Å². The molecular weight excluding hydrogens is 290 g/mol. The van der Waals surface area contributed by atoms with Crippen LogP contribution in [0, 0.1) is 0 Å². The molecule has 0 aliphatic carbocycles. The molecule has 0 saturated heterocycles. The molecule has 0 saturated carbocycles. The van der Waals surface area contributed by atoms with Gasteiger partial charge in [-0.15, -0.1) is 23.4 Å². The van der Waals surface area contributed by atoms with Crippen LogP contribution in [0.15, 0.2) is 53.4 Å². The zero-order valence-electron chi connectivity index (χ0n) is 10.8. The lowest BCUT2D eigenvalue weighted by Gasteiger charge is -2.10. The van der Waals surface area contributed by atoms with Crippen molar-refractivity contribution >= 4 is 35.0 Å². The molecule has 0 radical (unpaired) electrons. The van der Waals surface area contributed by atoms with E-state index >= 15 is 0 Å². The number of fused-ring (bicyclic) bond motifs is 1. The van der Waals surface area contributed by atoms with Gasteiger partial charge in [0.1, 0.15) is 0 Å². The lowest BCUT2D eigenvalue weighted by molar-refractivity contribution is -0.115. The molecule has 4 heteroatoms. The van der Waals surface area contributed by atoms with Crippen molar-refractivity contribution in [3.8, 4) is 0 Å². The molecule has 2 nitrogen and oxygen atoms in total. The van der Waals surface area contributed by atoms with Crippen LogP contribution in [0.1, 0.15) is 11.1 Å². The third-order valence-electron chi connectivity index (χ3n) is 3.32. The average molecular weight is 304 g/mol. The highest BCUT2D eigenvalue weighted by Gasteiger charge is 2.27. The van der Waals surface area contributed by atoms with E-state index in [0.717, 1.165) is 17.7 Å². The first-order chi connectivity index (χ1) is 9.76. The van der Waals surface area contributed by atoms with Crippen LogP contribution < -0.4 is 5.32 Å². The summed E-state index contributed by atoms with van der Waals surface area (Å²) >= 11 is 7.39. The molecule has 1 N–H and O–H groups in total. The van der Waals surface area contributed by atoms with E-state index in [2.05, 4.69) is 17.4 Å². The minimum atomic E-state index is -0.0416. The second kappa shape index (κ2) is 5.90. The van der Waals surface area contributed by atoms with Gasteiger partial charge in [0.15, 0.2) is 0 Å². The smallest absolute Gasteiger partial charge is 0.238 e. The monoisotopic (exact) mass is 303 g/mol. The third kappa shape index (κ3) is 2.84. The SMILES string of the molecule is O=C(Nc1ccc(CCl)cc1)C1Cc2ccccc2S1. The summed E-state index contributed by atoms with van der Waals surface area (Å²) in [6.45, 7) is 0. The van der Waals surface area contributed by atoms with Gasteiger partial charge in [-0.2, -0.15) is 0 Å². The van der Waals surface area contributed by atoms with Crippen LogP contribution in [-0.4, -0.2) is 11.2 Å². The van der Waals surface area contributed by atoms with Gasteiger partial charge in [-0.25, -0.2) is 0 Å². The first kappa shape index (κ1) is 13.5. The number of carbonyl (C=O) groups is 1. The minimum absolute atomic E-state index is 0.0416. The number of carbonyl (C=O) groups excluding carboxylic acids is 1. The molecule has 0 aromatic heterocycles. The molecule has 0 spiro atoms. The second-order valence-electron chi connectivity index (χ2n) is 4.74. The van der Waals surface area contributed by atoms with E-state index < -0.39 is 0 Å². The molecule has 1 amide bonds. The van der Waals surface area contributed by atoms with Crippen LogP contribution in [-0.2, 0) is 17.1 Å². The van der Waals surface area contributed by atoms with Crippen molar-refractivity contribution in [1.82, 2.24) is 0 Å². The maximum absolute atomic E-state index is 12.3. The van der Waals surface area contributed by atoms with Gasteiger partial charge in [0.2, 0.25) is 5.91 Å². The van der Waals surface area contributed by atoms with E-state index in [1.165, 1.54) is 10.5 Å². The van der Waals surface area contributed by atoms with Crippen molar-refractivity contribution in [3.05, 3.63) is 59.7 Å². The molecule has 1 aliphatic heterocycles. The number of thioether (sulfide) groups is 1. The van der Waals surface area contributed by atoms with Crippen LogP contribution >= 0.6 is 23.4 Å². The number of rotatable bonds is 3. The van der Waals surface area contributed by atoms with Crippen molar-refractivity contribution in [2.45, 2.75) is 22.4 Å². The lowest BCUT2D eigenvalue weighted by Crippen LogP contribution is -2.24. The summed E-state index contributed by atoms with van der Waals surface area (Å²) in [6, 6.07) is 15.8. The Hall–Kier alpha value is -1.45. The number of nitrogens with one attached hydrogen (secondary N) is 1. The fraction of sp³-hybridized carbons (Fsp3) is 0.188. The molecule has 1 aliphatic rings. The Morgan fingerprint density at radius 2 is 1.95 bits per heavy atom. The third-order valence-corrected chi connectivity index (χ3v) is 4.94. The number of hydrogen-bond donors (Lipinski definition) is 1. The summed E-state index contributed by atoms with van der Waals surface area (Å²) in [6.07, 6.45) is 0.798. The molecule has 1 heterocycles. The highest BCUT2D eigenvalue weighted by Crippen LogP contribution is 2.37. The molecule has 1 unspecified atom stereocenters. The van der Waals surface area contributed by atoms with E-state index in [9.17, 15) is 4.79 Å². The Labute approximate surface area is 127 Å². The molecule has 2 aromatic carbocycles. The molecule has 3 rings (SSSR count). The summed E-state index contributed by atoms with van der Waals surface area (Å²) in [5.41, 5.74) is 3.13. The van der Waals surface area contributed by atoms with Gasteiger partial charge >= 0.3 is 0 Å². The normalized spacial score (nSPS) is 16.8. The minimum Gasteiger partial charge on any atom is -0.325 e. The van der Waals surface area contributed by atoms with Crippen LogP contribution in [0.5, 0.6) is 0 Å². The van der Waals surface area contributed by atoms with Gasteiger partial charge in [-0.05, 0) is 35.7 Å². The molecular formula is C16H14ClNOS. The fourth-order valence-electron chi connectivity index (χ4n) is 2.23. The van der Waals surface area contributed by atoms with Gasteiger partial charge in [0, 0.05) is 16.5 Å². The van der Waals surface area contributed by atoms with Crippen molar-refractivity contribution < 1.29 is 4.79 Å². The van der Waals surface area contributed by atoms with Crippen LogP contribution in [0.25, 0.3) is 0 Å². The van der Waals surface area contributed by atoms with Crippen LogP contribution in [0.3, 0.4) is 0 Å². The fourth-order valence-corrected chi connectivity index (χ4v) is 3.60. The molecule has 102 valence electrons. The molecule has 20 heavy (non-hydrogen) atoms. The van der Waals surface area contributed by atoms with Crippen molar-refractivity contribution in [3.63, 3.8) is 0 Å². The number of alkyl halides is 1. The van der Waals surface area contributed by atoms with E-state index in [1.807, 2.05) is 36.4 Å². The Bertz CT molecular complexity index is 602. The number of hydrogen-bond acceptors (Lipinski definition) is 2.